The van der Waals surface area contributed by atoms with Gasteiger partial charge >= 0.3 is 5.97 Å². The van der Waals surface area contributed by atoms with Gasteiger partial charge in [0.25, 0.3) is 0 Å². The third kappa shape index (κ3) is 2.03. The maximum Gasteiger partial charge on any atom is 0.323 e. The summed E-state index contributed by atoms with van der Waals surface area (Å²) in [5.41, 5.74) is 7.10. The van der Waals surface area contributed by atoms with Crippen LogP contribution >= 0.6 is 0 Å². The lowest BCUT2D eigenvalue weighted by Gasteiger charge is -2.05. The van der Waals surface area contributed by atoms with E-state index in [0.717, 1.165) is 5.56 Å². The number of hydrogen-bond donors (Lipinski definition) is 2. The highest BCUT2D eigenvalue weighted by atomic mass is 16.4. The number of nitrogens with zero attached hydrogens (tertiary/aromatic N) is 2. The fraction of sp³-hybridized carbons (Fsp3) is 0.0909. The van der Waals surface area contributed by atoms with Crippen LogP contribution in [0.1, 0.15) is 0 Å². The van der Waals surface area contributed by atoms with Crippen molar-refractivity contribution >= 4 is 11.7 Å². The normalized spacial score (nSPS) is 10.2. The smallest absolute Gasteiger partial charge is 0.323 e. The lowest BCUT2D eigenvalue weighted by molar-refractivity contribution is -0.137. The summed E-state index contributed by atoms with van der Waals surface area (Å²) in [6.07, 6.45) is 3.20. The van der Waals surface area contributed by atoms with Crippen molar-refractivity contribution in [2.75, 3.05) is 5.73 Å². The van der Waals surface area contributed by atoms with Gasteiger partial charge in [0.1, 0.15) is 12.4 Å². The van der Waals surface area contributed by atoms with Crippen molar-refractivity contribution in [3.63, 3.8) is 0 Å². The predicted molar refractivity (Wildman–Crippen MR) is 59.7 cm³/mol. The highest BCUT2D eigenvalue weighted by Crippen LogP contribution is 2.19. The van der Waals surface area contributed by atoms with Gasteiger partial charge in [-0.15, -0.1) is 0 Å². The summed E-state index contributed by atoms with van der Waals surface area (Å²) in [4.78, 5) is 14.8. The van der Waals surface area contributed by atoms with Gasteiger partial charge in [-0.1, -0.05) is 12.1 Å². The molecule has 5 heteroatoms. The first-order chi connectivity index (χ1) is 7.66. The number of anilines is 1. The van der Waals surface area contributed by atoms with Crippen molar-refractivity contribution in [3.8, 4) is 11.4 Å². The standard InChI is InChI=1S/C11H11N3O2/c12-9-3-1-2-8(6-9)11-13-4-5-14(11)7-10(15)16/h1-6H,7,12H2,(H,15,16). The minimum Gasteiger partial charge on any atom is -0.480 e. The topological polar surface area (TPSA) is 81.1 Å². The quantitative estimate of drug-likeness (QED) is 0.757. The highest BCUT2D eigenvalue weighted by molar-refractivity contribution is 5.68. The SMILES string of the molecule is Nc1cccc(-c2nccn2CC(=O)O)c1. The van der Waals surface area contributed by atoms with E-state index >= 15 is 0 Å². The Morgan fingerprint density at radius 1 is 1.50 bits per heavy atom. The van der Waals surface area contributed by atoms with Crippen LogP contribution in [0.4, 0.5) is 5.69 Å². The fourth-order valence-electron chi connectivity index (χ4n) is 1.52. The summed E-state index contributed by atoms with van der Waals surface area (Å²) in [6.45, 7) is -0.107. The van der Waals surface area contributed by atoms with Crippen LogP contribution in [0, 0.1) is 0 Å². The molecule has 0 fully saturated rings. The zero-order valence-electron chi connectivity index (χ0n) is 8.50. The number of carboxylic acids is 1. The second-order valence-electron chi connectivity index (χ2n) is 3.40. The number of nitrogens with two attached hydrogens (primary N) is 1. The van der Waals surface area contributed by atoms with E-state index in [2.05, 4.69) is 4.98 Å². The van der Waals surface area contributed by atoms with Crippen LogP contribution in [0.5, 0.6) is 0 Å². The Labute approximate surface area is 92.2 Å². The first-order valence-corrected chi connectivity index (χ1v) is 4.75. The van der Waals surface area contributed by atoms with Crippen LogP contribution < -0.4 is 5.73 Å². The predicted octanol–water partition coefficient (Wildman–Crippen LogP) is 1.22. The lowest BCUT2D eigenvalue weighted by Crippen LogP contribution is -2.09. The summed E-state index contributed by atoms with van der Waals surface area (Å²) in [5.74, 6) is -0.294. The van der Waals surface area contributed by atoms with Gasteiger partial charge in [0, 0.05) is 23.6 Å². The average molecular weight is 217 g/mol. The summed E-state index contributed by atoms with van der Waals surface area (Å²) >= 11 is 0. The summed E-state index contributed by atoms with van der Waals surface area (Å²) < 4.78 is 1.57. The number of nitrogen functional groups attached to an aromatic ring is 1. The van der Waals surface area contributed by atoms with Crippen LogP contribution in [0.3, 0.4) is 0 Å². The molecular weight excluding hydrogens is 206 g/mol. The number of aliphatic carboxylic acids is 1. The molecule has 0 radical (unpaired) electrons. The first-order valence-electron chi connectivity index (χ1n) is 4.75. The fourth-order valence-corrected chi connectivity index (χ4v) is 1.52. The lowest BCUT2D eigenvalue weighted by atomic mass is 10.2. The van der Waals surface area contributed by atoms with Crippen LogP contribution in [0.15, 0.2) is 36.7 Å². The average Bonchev–Trinajstić information content (AvgIpc) is 2.65. The van der Waals surface area contributed by atoms with Gasteiger partial charge in [-0.05, 0) is 12.1 Å². The minimum absolute atomic E-state index is 0.107. The Morgan fingerprint density at radius 2 is 2.31 bits per heavy atom. The number of hydrogen-bond acceptors (Lipinski definition) is 3. The van der Waals surface area contributed by atoms with Gasteiger partial charge in [-0.3, -0.25) is 4.79 Å². The van der Waals surface area contributed by atoms with Crippen LogP contribution in [0.2, 0.25) is 0 Å². The zero-order valence-corrected chi connectivity index (χ0v) is 8.50. The van der Waals surface area contributed by atoms with E-state index in [1.165, 1.54) is 0 Å². The van der Waals surface area contributed by atoms with E-state index < -0.39 is 5.97 Å². The number of rotatable bonds is 3. The molecule has 0 bridgehead atoms. The monoisotopic (exact) mass is 217 g/mol. The summed E-state index contributed by atoms with van der Waals surface area (Å²) in [6, 6.07) is 7.19. The van der Waals surface area contributed by atoms with E-state index in [-0.39, 0.29) is 6.54 Å². The van der Waals surface area contributed by atoms with Gasteiger partial charge in [0.15, 0.2) is 0 Å². The van der Waals surface area contributed by atoms with Crippen molar-refractivity contribution in [1.29, 1.82) is 0 Å². The number of aromatic nitrogens is 2. The molecule has 1 heterocycles. The Hall–Kier alpha value is -2.30. The largest absolute Gasteiger partial charge is 0.480 e. The number of benzene rings is 1. The molecule has 0 atom stereocenters. The number of imidazole rings is 1. The molecule has 16 heavy (non-hydrogen) atoms. The Bertz CT molecular complexity index is 519. The van der Waals surface area contributed by atoms with E-state index in [9.17, 15) is 4.79 Å². The van der Waals surface area contributed by atoms with E-state index in [0.29, 0.717) is 11.5 Å². The molecule has 0 saturated heterocycles. The Kier molecular flexibility index (Phi) is 2.59. The minimum atomic E-state index is -0.900. The van der Waals surface area contributed by atoms with Crippen LogP contribution in [-0.4, -0.2) is 20.6 Å². The molecule has 2 rings (SSSR count). The molecule has 2 aromatic rings. The highest BCUT2D eigenvalue weighted by Gasteiger charge is 2.08. The van der Waals surface area contributed by atoms with E-state index in [4.69, 9.17) is 10.8 Å². The first kappa shape index (κ1) is 10.2. The molecule has 0 amide bonds. The molecule has 3 N–H and O–H groups in total. The Morgan fingerprint density at radius 3 is 3.00 bits per heavy atom. The third-order valence-electron chi connectivity index (χ3n) is 2.17. The van der Waals surface area contributed by atoms with Crippen molar-refractivity contribution in [3.05, 3.63) is 36.7 Å². The maximum absolute atomic E-state index is 10.6. The van der Waals surface area contributed by atoms with Gasteiger partial charge in [-0.2, -0.15) is 0 Å². The Balaban J connectivity index is 2.40. The van der Waals surface area contributed by atoms with Crippen molar-refractivity contribution in [1.82, 2.24) is 9.55 Å². The molecule has 1 aromatic carbocycles. The molecule has 1 aromatic heterocycles. The molecule has 0 unspecified atom stereocenters. The molecule has 5 nitrogen and oxygen atoms in total. The third-order valence-corrected chi connectivity index (χ3v) is 2.17. The molecule has 82 valence electrons. The molecular formula is C11H11N3O2. The van der Waals surface area contributed by atoms with E-state index in [1.807, 2.05) is 12.1 Å². The number of carbonyl (C=O) groups is 1. The second kappa shape index (κ2) is 4.06. The van der Waals surface area contributed by atoms with Gasteiger partial charge in [0.2, 0.25) is 0 Å². The van der Waals surface area contributed by atoms with Gasteiger partial charge in [0.05, 0.1) is 0 Å². The molecule has 0 aliphatic heterocycles. The van der Waals surface area contributed by atoms with Gasteiger partial charge < -0.3 is 15.4 Å². The van der Waals surface area contributed by atoms with Crippen molar-refractivity contribution in [2.45, 2.75) is 6.54 Å². The molecule has 0 spiro atoms. The maximum atomic E-state index is 10.6. The molecule has 0 saturated carbocycles. The van der Waals surface area contributed by atoms with Gasteiger partial charge in [-0.25, -0.2) is 4.98 Å². The zero-order chi connectivity index (χ0) is 11.5. The summed E-state index contributed by atoms with van der Waals surface area (Å²) in [7, 11) is 0. The summed E-state index contributed by atoms with van der Waals surface area (Å²) in [5, 5.41) is 8.74. The number of carboxylic acid groups (broad SMARTS) is 1. The molecule has 0 aliphatic carbocycles. The van der Waals surface area contributed by atoms with E-state index in [1.54, 1.807) is 29.1 Å². The van der Waals surface area contributed by atoms with Crippen LogP contribution in [-0.2, 0) is 11.3 Å². The van der Waals surface area contributed by atoms with Crippen molar-refractivity contribution < 1.29 is 9.90 Å². The molecule has 0 aliphatic rings. The second-order valence-corrected chi connectivity index (χ2v) is 3.40. The van der Waals surface area contributed by atoms with Crippen molar-refractivity contribution in [2.24, 2.45) is 0 Å². The van der Waals surface area contributed by atoms with Crippen LogP contribution in [0.25, 0.3) is 11.4 Å².